The van der Waals surface area contributed by atoms with Crippen LogP contribution in [0.2, 0.25) is 5.02 Å². The van der Waals surface area contributed by atoms with E-state index in [-0.39, 0.29) is 24.1 Å². The number of carbonyl (C=O) groups is 2. The minimum Gasteiger partial charge on any atom is -0.451 e. The predicted octanol–water partition coefficient (Wildman–Crippen LogP) is 4.09. The number of hydrogen-bond acceptors (Lipinski definition) is 3. The Bertz CT molecular complexity index is 984. The van der Waals surface area contributed by atoms with Crippen LogP contribution in [0.15, 0.2) is 71.1 Å². The number of anilines is 1. The summed E-state index contributed by atoms with van der Waals surface area (Å²) in [5.74, 6) is 0.317. The first-order valence-corrected chi connectivity index (χ1v) is 9.01. The molecule has 1 aromatic heterocycles. The van der Waals surface area contributed by atoms with Crippen molar-refractivity contribution >= 4 is 29.1 Å². The van der Waals surface area contributed by atoms with Crippen molar-refractivity contribution in [3.63, 3.8) is 0 Å². The van der Waals surface area contributed by atoms with Gasteiger partial charge in [0.25, 0.3) is 5.91 Å². The molecule has 0 radical (unpaired) electrons. The first kappa shape index (κ1) is 17.4. The lowest BCUT2D eigenvalue weighted by Gasteiger charge is -2.33. The topological polar surface area (TPSA) is 53.8 Å². The molecule has 2 amide bonds. The average molecular weight is 381 g/mol. The van der Waals surface area contributed by atoms with Crippen LogP contribution in [0, 0.1) is 0 Å². The maximum atomic E-state index is 12.7. The van der Waals surface area contributed by atoms with E-state index in [2.05, 4.69) is 0 Å². The van der Waals surface area contributed by atoms with E-state index in [9.17, 15) is 9.59 Å². The Hall–Kier alpha value is -3.05. The summed E-state index contributed by atoms with van der Waals surface area (Å²) in [5.41, 5.74) is 1.57. The van der Waals surface area contributed by atoms with Crippen LogP contribution < -0.4 is 4.90 Å². The van der Waals surface area contributed by atoms with Gasteiger partial charge < -0.3 is 14.2 Å². The van der Waals surface area contributed by atoms with Crippen molar-refractivity contribution in [2.24, 2.45) is 0 Å². The van der Waals surface area contributed by atoms with E-state index in [0.717, 1.165) is 11.3 Å². The molecule has 2 aromatic carbocycles. The van der Waals surface area contributed by atoms with Gasteiger partial charge in [-0.1, -0.05) is 41.9 Å². The largest absolute Gasteiger partial charge is 0.451 e. The van der Waals surface area contributed by atoms with Gasteiger partial charge in [0, 0.05) is 24.3 Å². The number of rotatable bonds is 3. The van der Waals surface area contributed by atoms with Gasteiger partial charge in [0.1, 0.15) is 12.3 Å². The quantitative estimate of drug-likeness (QED) is 0.687. The van der Waals surface area contributed by atoms with Crippen molar-refractivity contribution in [2.45, 2.75) is 0 Å². The number of benzene rings is 2. The molecule has 0 aliphatic carbocycles. The predicted molar refractivity (Wildman–Crippen MR) is 104 cm³/mol. The Balaban J connectivity index is 1.49. The molecule has 1 fully saturated rings. The molecule has 0 atom stereocenters. The molecule has 2 heterocycles. The molecule has 0 saturated carbocycles. The van der Waals surface area contributed by atoms with Crippen molar-refractivity contribution in [3.05, 3.63) is 77.5 Å². The number of halogens is 1. The van der Waals surface area contributed by atoms with Crippen molar-refractivity contribution in [1.82, 2.24) is 4.90 Å². The summed E-state index contributed by atoms with van der Waals surface area (Å²) in [5, 5.41) is 0.553. The summed E-state index contributed by atoms with van der Waals surface area (Å²) in [6.45, 7) is 0.921. The zero-order valence-corrected chi connectivity index (χ0v) is 15.2. The van der Waals surface area contributed by atoms with E-state index in [1.807, 2.05) is 48.5 Å². The molecular formula is C21H17ClN2O3. The molecule has 136 valence electrons. The maximum Gasteiger partial charge on any atom is 0.290 e. The van der Waals surface area contributed by atoms with Crippen LogP contribution in [0.25, 0.3) is 11.3 Å². The zero-order chi connectivity index (χ0) is 18.8. The van der Waals surface area contributed by atoms with Gasteiger partial charge in [-0.3, -0.25) is 9.59 Å². The van der Waals surface area contributed by atoms with Crippen LogP contribution in [-0.2, 0) is 4.79 Å². The highest BCUT2D eigenvalue weighted by Crippen LogP contribution is 2.29. The highest BCUT2D eigenvalue weighted by molar-refractivity contribution is 6.33. The highest BCUT2D eigenvalue weighted by atomic mass is 35.5. The second-order valence-electron chi connectivity index (χ2n) is 6.25. The minimum atomic E-state index is -0.297. The second-order valence-corrected chi connectivity index (χ2v) is 6.66. The normalized spacial score (nSPS) is 14.5. The third kappa shape index (κ3) is 3.46. The molecule has 5 nitrogen and oxygen atoms in total. The van der Waals surface area contributed by atoms with Gasteiger partial charge in [-0.05, 0) is 36.4 Å². The molecule has 1 aliphatic heterocycles. The lowest BCUT2D eigenvalue weighted by molar-refractivity contribution is -0.120. The van der Waals surface area contributed by atoms with Crippen LogP contribution in [-0.4, -0.2) is 36.3 Å². The second kappa shape index (κ2) is 7.29. The fraction of sp³-hybridized carbons (Fsp3) is 0.143. The number of furan rings is 1. The van der Waals surface area contributed by atoms with Gasteiger partial charge in [0.05, 0.1) is 5.02 Å². The van der Waals surface area contributed by atoms with E-state index >= 15 is 0 Å². The average Bonchev–Trinajstić information content (AvgIpc) is 3.18. The maximum absolute atomic E-state index is 12.7. The molecule has 0 bridgehead atoms. The standard InChI is InChI=1S/C21H17ClN2O3/c22-17-9-5-4-8-16(17)18-10-11-19(27-18)21(26)23-12-13-24(20(25)14-23)15-6-2-1-3-7-15/h1-11H,12-14H2. The monoisotopic (exact) mass is 380 g/mol. The first-order chi connectivity index (χ1) is 13.1. The lowest BCUT2D eigenvalue weighted by atomic mass is 10.2. The van der Waals surface area contributed by atoms with E-state index < -0.39 is 0 Å². The summed E-state index contributed by atoms with van der Waals surface area (Å²) < 4.78 is 5.71. The smallest absolute Gasteiger partial charge is 0.290 e. The molecule has 4 rings (SSSR count). The summed E-state index contributed by atoms with van der Waals surface area (Å²) in [4.78, 5) is 28.4. The zero-order valence-electron chi connectivity index (χ0n) is 14.5. The number of piperazine rings is 1. The molecule has 1 aliphatic rings. The number of carbonyl (C=O) groups excluding carboxylic acids is 2. The summed E-state index contributed by atoms with van der Waals surface area (Å²) in [6, 6.07) is 20.1. The molecule has 0 N–H and O–H groups in total. The fourth-order valence-electron chi connectivity index (χ4n) is 3.14. The molecule has 3 aromatic rings. The van der Waals surface area contributed by atoms with E-state index in [4.69, 9.17) is 16.0 Å². The number of amides is 2. The van der Waals surface area contributed by atoms with Gasteiger partial charge in [0.15, 0.2) is 5.76 Å². The highest BCUT2D eigenvalue weighted by Gasteiger charge is 2.30. The Morgan fingerprint density at radius 3 is 2.41 bits per heavy atom. The molecule has 1 saturated heterocycles. The number of nitrogens with zero attached hydrogens (tertiary/aromatic N) is 2. The van der Waals surface area contributed by atoms with Crippen molar-refractivity contribution in [1.29, 1.82) is 0 Å². The van der Waals surface area contributed by atoms with Gasteiger partial charge in [-0.15, -0.1) is 0 Å². The summed E-state index contributed by atoms with van der Waals surface area (Å²) >= 11 is 6.18. The fourth-order valence-corrected chi connectivity index (χ4v) is 3.37. The molecule has 0 spiro atoms. The molecule has 27 heavy (non-hydrogen) atoms. The van der Waals surface area contributed by atoms with Crippen LogP contribution in [0.1, 0.15) is 10.6 Å². The van der Waals surface area contributed by atoms with Crippen molar-refractivity contribution in [2.75, 3.05) is 24.5 Å². The summed E-state index contributed by atoms with van der Waals surface area (Å²) in [7, 11) is 0. The number of para-hydroxylation sites is 1. The van der Waals surface area contributed by atoms with Crippen LogP contribution in [0.4, 0.5) is 5.69 Å². The lowest BCUT2D eigenvalue weighted by Crippen LogP contribution is -2.52. The van der Waals surface area contributed by atoms with Gasteiger partial charge in [-0.2, -0.15) is 0 Å². The Labute approximate surface area is 161 Å². The van der Waals surface area contributed by atoms with Crippen LogP contribution in [0.5, 0.6) is 0 Å². The van der Waals surface area contributed by atoms with E-state index in [1.165, 1.54) is 4.90 Å². The van der Waals surface area contributed by atoms with Crippen molar-refractivity contribution in [3.8, 4) is 11.3 Å². The van der Waals surface area contributed by atoms with E-state index in [0.29, 0.717) is 23.9 Å². The van der Waals surface area contributed by atoms with Gasteiger partial charge >= 0.3 is 0 Å². The molecule has 6 heteroatoms. The third-order valence-corrected chi connectivity index (χ3v) is 4.86. The molecular weight excluding hydrogens is 364 g/mol. The van der Waals surface area contributed by atoms with Crippen molar-refractivity contribution < 1.29 is 14.0 Å². The Morgan fingerprint density at radius 2 is 1.67 bits per heavy atom. The minimum absolute atomic E-state index is 0.0237. The van der Waals surface area contributed by atoms with Gasteiger partial charge in [0.2, 0.25) is 5.91 Å². The van der Waals surface area contributed by atoms with Crippen LogP contribution >= 0.6 is 11.6 Å². The van der Waals surface area contributed by atoms with Crippen LogP contribution in [0.3, 0.4) is 0 Å². The Morgan fingerprint density at radius 1 is 0.926 bits per heavy atom. The first-order valence-electron chi connectivity index (χ1n) is 8.63. The summed E-state index contributed by atoms with van der Waals surface area (Å²) in [6.07, 6.45) is 0. The SMILES string of the molecule is O=C(c1ccc(-c2ccccc2Cl)o1)N1CCN(c2ccccc2)C(=O)C1. The number of hydrogen-bond donors (Lipinski definition) is 0. The van der Waals surface area contributed by atoms with Gasteiger partial charge in [-0.25, -0.2) is 0 Å². The third-order valence-electron chi connectivity index (χ3n) is 4.53. The Kier molecular flexibility index (Phi) is 4.69. The van der Waals surface area contributed by atoms with E-state index in [1.54, 1.807) is 23.1 Å². The molecule has 0 unspecified atom stereocenters.